The number of benzene rings is 1. The highest BCUT2D eigenvalue weighted by atomic mass is 35.5. The van der Waals surface area contributed by atoms with Crippen LogP contribution >= 0.6 is 11.6 Å². The summed E-state index contributed by atoms with van der Waals surface area (Å²) in [5, 5.41) is 10.5. The number of aliphatic hydroxyl groups is 1. The van der Waals surface area contributed by atoms with E-state index in [-0.39, 0.29) is 6.61 Å². The van der Waals surface area contributed by atoms with Gasteiger partial charge in [-0.3, -0.25) is 0 Å². The van der Waals surface area contributed by atoms with Crippen molar-refractivity contribution in [1.29, 1.82) is 0 Å². The van der Waals surface area contributed by atoms with Crippen LogP contribution in [-0.2, 0) is 15.1 Å². The Morgan fingerprint density at radius 3 is 3.07 bits per heavy atom. The van der Waals surface area contributed by atoms with Crippen LogP contribution in [0.15, 0.2) is 18.2 Å². The number of fused-ring (bicyclic) bond motifs is 1. The zero-order chi connectivity index (χ0) is 11.1. The minimum absolute atomic E-state index is 0.144. The molecule has 2 rings (SSSR count). The minimum Gasteiger partial charge on any atom is -0.489 e. The smallest absolute Gasteiger partial charge is 0.346 e. The van der Waals surface area contributed by atoms with Crippen LogP contribution in [-0.4, -0.2) is 24.8 Å². The van der Waals surface area contributed by atoms with Gasteiger partial charge in [-0.05, 0) is 18.2 Å². The van der Waals surface area contributed by atoms with Crippen LogP contribution in [0.1, 0.15) is 5.56 Å². The Bertz CT molecular complexity index is 418. The molecule has 0 bridgehead atoms. The average Bonchev–Trinajstić information content (AvgIpc) is 2.57. The van der Waals surface area contributed by atoms with Gasteiger partial charge in [0.25, 0.3) is 0 Å². The summed E-state index contributed by atoms with van der Waals surface area (Å²) >= 11 is 5.78. The van der Waals surface area contributed by atoms with Crippen LogP contribution in [0.4, 0.5) is 0 Å². The zero-order valence-corrected chi connectivity index (χ0v) is 8.75. The molecule has 0 spiro atoms. The monoisotopic (exact) mass is 228 g/mol. The quantitative estimate of drug-likeness (QED) is 0.732. The third kappa shape index (κ3) is 1.46. The Kier molecular flexibility index (Phi) is 2.32. The molecule has 1 atom stereocenters. The molecule has 1 heterocycles. The number of esters is 1. The molecule has 1 aliphatic heterocycles. The van der Waals surface area contributed by atoms with Crippen molar-refractivity contribution in [1.82, 2.24) is 0 Å². The number of methoxy groups -OCH3 is 1. The van der Waals surface area contributed by atoms with Crippen molar-refractivity contribution in [2.24, 2.45) is 0 Å². The van der Waals surface area contributed by atoms with E-state index in [1.807, 2.05) is 0 Å². The van der Waals surface area contributed by atoms with Crippen molar-refractivity contribution in [3.05, 3.63) is 28.8 Å². The number of rotatable bonds is 1. The molecular formula is C10H9ClO4. The minimum atomic E-state index is -1.74. The lowest BCUT2D eigenvalue weighted by Gasteiger charge is -2.17. The van der Waals surface area contributed by atoms with Gasteiger partial charge in [0, 0.05) is 10.6 Å². The van der Waals surface area contributed by atoms with Crippen molar-refractivity contribution < 1.29 is 19.4 Å². The van der Waals surface area contributed by atoms with Gasteiger partial charge in [0.1, 0.15) is 12.4 Å². The topological polar surface area (TPSA) is 55.8 Å². The molecule has 80 valence electrons. The highest BCUT2D eigenvalue weighted by Gasteiger charge is 2.47. The summed E-state index contributed by atoms with van der Waals surface area (Å²) in [6.07, 6.45) is 0. The number of halogens is 1. The van der Waals surface area contributed by atoms with Crippen molar-refractivity contribution in [2.75, 3.05) is 13.7 Å². The van der Waals surface area contributed by atoms with E-state index < -0.39 is 11.6 Å². The molecule has 0 fully saturated rings. The van der Waals surface area contributed by atoms with Gasteiger partial charge < -0.3 is 14.6 Å². The summed E-state index contributed by atoms with van der Waals surface area (Å²) in [5.41, 5.74) is -1.39. The SMILES string of the molecule is COC(=O)C1(O)COc2ccc(Cl)cc21. The first-order chi connectivity index (χ1) is 7.08. The third-order valence-electron chi connectivity index (χ3n) is 2.35. The molecule has 1 unspecified atom stereocenters. The van der Waals surface area contributed by atoms with E-state index in [1.165, 1.54) is 13.2 Å². The molecule has 4 nitrogen and oxygen atoms in total. The number of ether oxygens (including phenoxy) is 2. The fraction of sp³-hybridized carbons (Fsp3) is 0.300. The lowest BCUT2D eigenvalue weighted by molar-refractivity contribution is -0.164. The van der Waals surface area contributed by atoms with Gasteiger partial charge in [0.05, 0.1) is 7.11 Å². The van der Waals surface area contributed by atoms with Crippen LogP contribution in [0.25, 0.3) is 0 Å². The van der Waals surface area contributed by atoms with Crippen molar-refractivity contribution >= 4 is 17.6 Å². The predicted octanol–water partition coefficient (Wildman–Crippen LogP) is 1.09. The van der Waals surface area contributed by atoms with E-state index in [4.69, 9.17) is 16.3 Å². The normalized spacial score (nSPS) is 23.1. The maximum Gasteiger partial charge on any atom is 0.346 e. The van der Waals surface area contributed by atoms with E-state index in [2.05, 4.69) is 4.74 Å². The van der Waals surface area contributed by atoms with Gasteiger partial charge in [-0.2, -0.15) is 0 Å². The van der Waals surface area contributed by atoms with E-state index in [0.717, 1.165) is 0 Å². The first-order valence-electron chi connectivity index (χ1n) is 4.31. The maximum atomic E-state index is 11.4. The lowest BCUT2D eigenvalue weighted by Crippen LogP contribution is -2.38. The largest absolute Gasteiger partial charge is 0.489 e. The fourth-order valence-corrected chi connectivity index (χ4v) is 1.72. The standard InChI is InChI=1S/C10H9ClO4/c1-14-9(12)10(13)5-15-8-3-2-6(11)4-7(8)10/h2-4,13H,5H2,1H3. The second kappa shape index (κ2) is 3.40. The molecule has 0 aromatic heterocycles. The van der Waals surface area contributed by atoms with Crippen LogP contribution < -0.4 is 4.74 Å². The molecule has 5 heteroatoms. The Balaban J connectivity index is 2.51. The van der Waals surface area contributed by atoms with E-state index >= 15 is 0 Å². The van der Waals surface area contributed by atoms with E-state index in [1.54, 1.807) is 12.1 Å². The fourth-order valence-electron chi connectivity index (χ4n) is 1.55. The molecule has 0 saturated carbocycles. The Morgan fingerprint density at radius 1 is 1.67 bits per heavy atom. The van der Waals surface area contributed by atoms with Crippen molar-refractivity contribution in [3.8, 4) is 5.75 Å². The number of carbonyl (C=O) groups is 1. The van der Waals surface area contributed by atoms with E-state index in [9.17, 15) is 9.90 Å². The first-order valence-corrected chi connectivity index (χ1v) is 4.69. The summed E-state index contributed by atoms with van der Waals surface area (Å²) in [6.45, 7) is -0.144. The second-order valence-corrected chi connectivity index (χ2v) is 3.72. The molecule has 1 aliphatic rings. The van der Waals surface area contributed by atoms with Gasteiger partial charge in [-0.25, -0.2) is 4.79 Å². The van der Waals surface area contributed by atoms with Crippen molar-refractivity contribution in [2.45, 2.75) is 5.60 Å². The van der Waals surface area contributed by atoms with Crippen LogP contribution in [0.5, 0.6) is 5.75 Å². The third-order valence-corrected chi connectivity index (χ3v) is 2.58. The summed E-state index contributed by atoms with van der Waals surface area (Å²) in [7, 11) is 1.21. The summed E-state index contributed by atoms with van der Waals surface area (Å²) in [4.78, 5) is 11.4. The molecule has 0 saturated heterocycles. The highest BCUT2D eigenvalue weighted by Crippen LogP contribution is 2.39. The Morgan fingerprint density at radius 2 is 2.40 bits per heavy atom. The summed E-state index contributed by atoms with van der Waals surface area (Å²) in [5.74, 6) is -0.296. The zero-order valence-electron chi connectivity index (χ0n) is 7.99. The molecular weight excluding hydrogens is 220 g/mol. The molecule has 1 aromatic carbocycles. The first kappa shape index (κ1) is 10.3. The van der Waals surface area contributed by atoms with Gasteiger partial charge in [-0.1, -0.05) is 11.6 Å². The summed E-state index contributed by atoms with van der Waals surface area (Å²) in [6, 6.07) is 4.74. The van der Waals surface area contributed by atoms with Gasteiger partial charge in [0.2, 0.25) is 5.60 Å². The van der Waals surface area contributed by atoms with Gasteiger partial charge in [0.15, 0.2) is 0 Å². The molecule has 15 heavy (non-hydrogen) atoms. The molecule has 0 radical (unpaired) electrons. The van der Waals surface area contributed by atoms with Crippen molar-refractivity contribution in [3.63, 3.8) is 0 Å². The highest BCUT2D eigenvalue weighted by molar-refractivity contribution is 6.30. The summed E-state index contributed by atoms with van der Waals surface area (Å²) < 4.78 is 9.70. The number of hydrogen-bond acceptors (Lipinski definition) is 4. The number of carbonyl (C=O) groups excluding carboxylic acids is 1. The van der Waals surface area contributed by atoms with Gasteiger partial charge >= 0.3 is 5.97 Å². The number of hydrogen-bond donors (Lipinski definition) is 1. The van der Waals surface area contributed by atoms with Crippen LogP contribution in [0.2, 0.25) is 5.02 Å². The predicted molar refractivity (Wildman–Crippen MR) is 52.9 cm³/mol. The van der Waals surface area contributed by atoms with Crippen LogP contribution in [0, 0.1) is 0 Å². The second-order valence-electron chi connectivity index (χ2n) is 3.28. The molecule has 1 aromatic rings. The Labute approximate surface area is 91.4 Å². The molecule has 1 N–H and O–H groups in total. The average molecular weight is 229 g/mol. The Hall–Kier alpha value is -1.26. The molecule has 0 amide bonds. The maximum absolute atomic E-state index is 11.4. The van der Waals surface area contributed by atoms with Crippen LogP contribution in [0.3, 0.4) is 0 Å². The molecule has 0 aliphatic carbocycles. The lowest BCUT2D eigenvalue weighted by atomic mass is 9.96. The van der Waals surface area contributed by atoms with Gasteiger partial charge in [-0.15, -0.1) is 0 Å². The van der Waals surface area contributed by atoms with E-state index in [0.29, 0.717) is 16.3 Å².